The molecule has 6 nitrogen and oxygen atoms in total. The molecule has 4 rings (SSSR count). The zero-order valence-electron chi connectivity index (χ0n) is 13.3. The Hall–Kier alpha value is -3.43. The number of ketones is 1. The van der Waals surface area contributed by atoms with Gasteiger partial charge in [-0.3, -0.25) is 4.79 Å². The van der Waals surface area contributed by atoms with Crippen molar-refractivity contribution in [3.05, 3.63) is 71.1 Å². The van der Waals surface area contributed by atoms with Gasteiger partial charge in [-0.1, -0.05) is 41.0 Å². The maximum absolute atomic E-state index is 12.7. The Bertz CT molecular complexity index is 1120. The number of hydrogen-bond acceptors (Lipinski definition) is 5. The van der Waals surface area contributed by atoms with Crippen molar-refractivity contribution in [2.45, 2.75) is 5.92 Å². The predicted molar refractivity (Wildman–Crippen MR) is 95.7 cm³/mol. The molecular formula is C19H11ClN4O2. The number of rotatable bonds is 4. The summed E-state index contributed by atoms with van der Waals surface area (Å²) in [4.78, 5) is 20.1. The van der Waals surface area contributed by atoms with Crippen molar-refractivity contribution >= 4 is 28.4 Å². The minimum Gasteiger partial charge on any atom is -0.356 e. The first-order valence-electron chi connectivity index (χ1n) is 7.77. The lowest BCUT2D eigenvalue weighted by atomic mass is 10.0. The Kier molecular flexibility index (Phi) is 3.99. The van der Waals surface area contributed by atoms with Gasteiger partial charge < -0.3 is 9.51 Å². The second-order valence-electron chi connectivity index (χ2n) is 5.62. The van der Waals surface area contributed by atoms with Gasteiger partial charge in [-0.25, -0.2) is 4.98 Å². The van der Waals surface area contributed by atoms with Crippen LogP contribution in [0.2, 0.25) is 5.02 Å². The predicted octanol–water partition coefficient (Wildman–Crippen LogP) is 4.36. The highest BCUT2D eigenvalue weighted by Gasteiger charge is 2.28. The standard InChI is InChI=1S/C19H11ClN4O2/c20-13-6-2-1-5-11(13)17-9-16(24-26-17)18(25)12(10-21)19-22-14-7-3-4-8-15(14)23-19/h1-9,12H,(H,22,23). The van der Waals surface area contributed by atoms with E-state index in [1.807, 2.05) is 24.3 Å². The van der Waals surface area contributed by atoms with Crippen LogP contribution in [0.3, 0.4) is 0 Å². The number of nitriles is 1. The molecule has 26 heavy (non-hydrogen) atoms. The van der Waals surface area contributed by atoms with Gasteiger partial charge >= 0.3 is 0 Å². The molecule has 0 saturated carbocycles. The number of imidazole rings is 1. The Morgan fingerprint density at radius 2 is 1.96 bits per heavy atom. The number of nitrogens with one attached hydrogen (secondary N) is 1. The molecular weight excluding hydrogens is 352 g/mol. The van der Waals surface area contributed by atoms with E-state index in [9.17, 15) is 10.1 Å². The largest absolute Gasteiger partial charge is 0.356 e. The molecule has 0 aliphatic rings. The molecule has 0 amide bonds. The molecule has 1 N–H and O–H groups in total. The second kappa shape index (κ2) is 6.47. The van der Waals surface area contributed by atoms with Crippen LogP contribution in [0.4, 0.5) is 0 Å². The summed E-state index contributed by atoms with van der Waals surface area (Å²) in [7, 11) is 0. The molecule has 126 valence electrons. The molecule has 2 aromatic heterocycles. The SMILES string of the molecule is N#CC(C(=O)c1cc(-c2ccccc2Cl)on1)c1nc2ccccc2[nH]1. The molecule has 0 radical (unpaired) electrons. The summed E-state index contributed by atoms with van der Waals surface area (Å²) >= 11 is 6.14. The number of para-hydroxylation sites is 2. The van der Waals surface area contributed by atoms with Crippen molar-refractivity contribution < 1.29 is 9.32 Å². The first kappa shape index (κ1) is 16.1. The van der Waals surface area contributed by atoms with Gasteiger partial charge in [-0.2, -0.15) is 5.26 Å². The second-order valence-corrected chi connectivity index (χ2v) is 6.03. The van der Waals surface area contributed by atoms with E-state index in [1.54, 1.807) is 30.3 Å². The topological polar surface area (TPSA) is 95.6 Å². The van der Waals surface area contributed by atoms with Crippen LogP contribution >= 0.6 is 11.6 Å². The van der Waals surface area contributed by atoms with Crippen molar-refractivity contribution in [2.75, 3.05) is 0 Å². The van der Waals surface area contributed by atoms with Crippen molar-refractivity contribution in [1.29, 1.82) is 5.26 Å². The lowest BCUT2D eigenvalue weighted by Crippen LogP contribution is -2.13. The number of aromatic amines is 1. The van der Waals surface area contributed by atoms with Crippen LogP contribution in [0.25, 0.3) is 22.4 Å². The third-order valence-corrected chi connectivity index (χ3v) is 4.30. The molecule has 2 heterocycles. The minimum absolute atomic E-state index is 0.0481. The van der Waals surface area contributed by atoms with Crippen LogP contribution in [0.1, 0.15) is 22.2 Å². The summed E-state index contributed by atoms with van der Waals surface area (Å²) < 4.78 is 5.25. The van der Waals surface area contributed by atoms with Gasteiger partial charge in [0.05, 0.1) is 22.1 Å². The van der Waals surface area contributed by atoms with E-state index in [0.29, 0.717) is 21.9 Å². The van der Waals surface area contributed by atoms with Gasteiger partial charge in [-0.05, 0) is 24.3 Å². The fourth-order valence-corrected chi connectivity index (χ4v) is 2.91. The van der Waals surface area contributed by atoms with E-state index in [1.165, 1.54) is 6.07 Å². The molecule has 1 atom stereocenters. The highest BCUT2D eigenvalue weighted by Crippen LogP contribution is 2.29. The number of hydrogen-bond donors (Lipinski definition) is 1. The van der Waals surface area contributed by atoms with Gasteiger partial charge in [0.15, 0.2) is 17.4 Å². The minimum atomic E-state index is -1.11. The molecule has 0 bridgehead atoms. The van der Waals surface area contributed by atoms with E-state index < -0.39 is 11.7 Å². The van der Waals surface area contributed by atoms with Crippen LogP contribution in [-0.2, 0) is 0 Å². The quantitative estimate of drug-likeness (QED) is 0.544. The first-order chi connectivity index (χ1) is 12.7. The summed E-state index contributed by atoms with van der Waals surface area (Å²) in [5, 5.41) is 13.8. The smallest absolute Gasteiger partial charge is 0.209 e. The van der Waals surface area contributed by atoms with Crippen molar-refractivity contribution in [3.63, 3.8) is 0 Å². The summed E-state index contributed by atoms with van der Waals surface area (Å²) in [5.74, 6) is -0.957. The highest BCUT2D eigenvalue weighted by atomic mass is 35.5. The lowest BCUT2D eigenvalue weighted by molar-refractivity contribution is 0.0968. The summed E-state index contributed by atoms with van der Waals surface area (Å²) in [6.07, 6.45) is 0. The fourth-order valence-electron chi connectivity index (χ4n) is 2.68. The number of carbonyl (C=O) groups is 1. The van der Waals surface area contributed by atoms with Gasteiger partial charge in [0.25, 0.3) is 0 Å². The summed E-state index contributed by atoms with van der Waals surface area (Å²) in [6, 6.07) is 17.9. The number of fused-ring (bicyclic) bond motifs is 1. The van der Waals surface area contributed by atoms with Crippen LogP contribution < -0.4 is 0 Å². The third-order valence-electron chi connectivity index (χ3n) is 3.97. The van der Waals surface area contributed by atoms with Gasteiger partial charge in [0.1, 0.15) is 5.82 Å². The van der Waals surface area contributed by atoms with Crippen LogP contribution in [0.15, 0.2) is 59.1 Å². The highest BCUT2D eigenvalue weighted by molar-refractivity contribution is 6.33. The number of halogens is 1. The average molecular weight is 363 g/mol. The molecule has 7 heteroatoms. The van der Waals surface area contributed by atoms with Crippen molar-refractivity contribution in [2.24, 2.45) is 0 Å². The molecule has 2 aromatic carbocycles. The maximum Gasteiger partial charge on any atom is 0.209 e. The molecule has 0 spiro atoms. The average Bonchev–Trinajstić information content (AvgIpc) is 3.29. The van der Waals surface area contributed by atoms with Crippen LogP contribution in [-0.4, -0.2) is 20.9 Å². The van der Waals surface area contributed by atoms with Crippen LogP contribution in [0.5, 0.6) is 0 Å². The normalized spacial score (nSPS) is 12.0. The molecule has 4 aromatic rings. The Morgan fingerprint density at radius 3 is 2.73 bits per heavy atom. The first-order valence-corrected chi connectivity index (χ1v) is 8.15. The van der Waals surface area contributed by atoms with E-state index in [0.717, 1.165) is 5.52 Å². The van der Waals surface area contributed by atoms with E-state index in [4.69, 9.17) is 16.1 Å². The summed E-state index contributed by atoms with van der Waals surface area (Å²) in [5.41, 5.74) is 2.12. The zero-order valence-corrected chi connectivity index (χ0v) is 14.1. The van der Waals surface area contributed by atoms with E-state index in [-0.39, 0.29) is 11.5 Å². The molecule has 0 fully saturated rings. The van der Waals surface area contributed by atoms with Crippen molar-refractivity contribution in [3.8, 4) is 17.4 Å². The van der Waals surface area contributed by atoms with Crippen LogP contribution in [0, 0.1) is 11.3 Å². The zero-order chi connectivity index (χ0) is 18.1. The number of carbonyl (C=O) groups excluding carboxylic acids is 1. The number of benzene rings is 2. The fraction of sp³-hybridized carbons (Fsp3) is 0.0526. The monoisotopic (exact) mass is 362 g/mol. The molecule has 0 saturated heterocycles. The number of nitrogens with zero attached hydrogens (tertiary/aromatic N) is 3. The lowest BCUT2D eigenvalue weighted by Gasteiger charge is -2.01. The molecule has 1 unspecified atom stereocenters. The summed E-state index contributed by atoms with van der Waals surface area (Å²) in [6.45, 7) is 0. The number of Topliss-reactive ketones (excluding diaryl/α,β-unsaturated/α-hetero) is 1. The molecule has 0 aliphatic carbocycles. The van der Waals surface area contributed by atoms with Crippen molar-refractivity contribution in [1.82, 2.24) is 15.1 Å². The van der Waals surface area contributed by atoms with Gasteiger partial charge in [-0.15, -0.1) is 0 Å². The maximum atomic E-state index is 12.7. The molecule has 0 aliphatic heterocycles. The van der Waals surface area contributed by atoms with Gasteiger partial charge in [0.2, 0.25) is 5.78 Å². The Balaban J connectivity index is 1.68. The number of aromatic nitrogens is 3. The number of H-pyrrole nitrogens is 1. The Morgan fingerprint density at radius 1 is 1.19 bits per heavy atom. The Labute approximate surface area is 153 Å². The van der Waals surface area contributed by atoms with Gasteiger partial charge in [0, 0.05) is 11.6 Å². The third kappa shape index (κ3) is 2.75. The van der Waals surface area contributed by atoms with E-state index >= 15 is 0 Å². The van der Waals surface area contributed by atoms with E-state index in [2.05, 4.69) is 15.1 Å².